The predicted octanol–water partition coefficient (Wildman–Crippen LogP) is 3.30. The molecule has 0 saturated heterocycles. The van der Waals surface area contributed by atoms with Crippen LogP contribution in [0.3, 0.4) is 0 Å². The minimum Gasteiger partial charge on any atom is -0.488 e. The first-order valence-corrected chi connectivity index (χ1v) is 6.51. The number of aromatic nitrogens is 1. The Bertz CT molecular complexity index is 559. The van der Waals surface area contributed by atoms with Gasteiger partial charge in [0.15, 0.2) is 0 Å². The molecule has 0 aliphatic carbocycles. The zero-order valence-corrected chi connectivity index (χ0v) is 12.0. The van der Waals surface area contributed by atoms with E-state index in [0.29, 0.717) is 17.9 Å². The number of aryl methyl sites for hydroxylation is 1. The second-order valence-electron chi connectivity index (χ2n) is 4.00. The third-order valence-electron chi connectivity index (χ3n) is 2.70. The van der Waals surface area contributed by atoms with Gasteiger partial charge < -0.3 is 9.30 Å². The zero-order valence-electron chi connectivity index (χ0n) is 12.0. The van der Waals surface area contributed by atoms with E-state index in [2.05, 4.69) is 0 Å². The first kappa shape index (κ1) is 15.0. The molecule has 0 aliphatic heterocycles. The van der Waals surface area contributed by atoms with E-state index in [0.717, 1.165) is 5.56 Å². The van der Waals surface area contributed by atoms with Crippen molar-refractivity contribution in [3.63, 3.8) is 0 Å². The van der Waals surface area contributed by atoms with E-state index in [4.69, 9.17) is 4.74 Å². The van der Waals surface area contributed by atoms with Crippen molar-refractivity contribution < 1.29 is 4.74 Å². The molecule has 0 radical (unpaired) electrons. The Morgan fingerprint density at radius 1 is 1.11 bits per heavy atom. The van der Waals surface area contributed by atoms with Crippen LogP contribution in [0, 0.1) is 6.92 Å². The van der Waals surface area contributed by atoms with Gasteiger partial charge in [-0.3, -0.25) is 4.79 Å². The van der Waals surface area contributed by atoms with Gasteiger partial charge in [-0.05, 0) is 18.6 Å². The van der Waals surface area contributed by atoms with Crippen molar-refractivity contribution in [3.05, 3.63) is 64.1 Å². The summed E-state index contributed by atoms with van der Waals surface area (Å²) in [5.41, 5.74) is 1.72. The highest BCUT2D eigenvalue weighted by molar-refractivity contribution is 5.29. The van der Waals surface area contributed by atoms with Gasteiger partial charge in [0.05, 0.1) is 5.56 Å². The zero-order chi connectivity index (χ0) is 14.3. The van der Waals surface area contributed by atoms with Gasteiger partial charge in [0, 0.05) is 13.2 Å². The van der Waals surface area contributed by atoms with Crippen molar-refractivity contribution in [3.8, 4) is 5.75 Å². The number of benzene rings is 1. The van der Waals surface area contributed by atoms with Crippen molar-refractivity contribution >= 4 is 0 Å². The smallest absolute Gasteiger partial charge is 0.256 e. The Balaban J connectivity index is 0.000000861. The summed E-state index contributed by atoms with van der Waals surface area (Å²) in [7, 11) is 1.73. The molecular weight excluding hydrogens is 238 g/mol. The van der Waals surface area contributed by atoms with Crippen LogP contribution in [-0.2, 0) is 13.7 Å². The van der Waals surface area contributed by atoms with Gasteiger partial charge in [0.1, 0.15) is 12.4 Å². The van der Waals surface area contributed by atoms with Gasteiger partial charge in [0.25, 0.3) is 5.56 Å². The fraction of sp³-hybridized carbons (Fsp3) is 0.312. The van der Waals surface area contributed by atoms with Crippen LogP contribution in [0.4, 0.5) is 0 Å². The average molecular weight is 259 g/mol. The maximum absolute atomic E-state index is 11.7. The lowest BCUT2D eigenvalue weighted by atomic mass is 10.2. The predicted molar refractivity (Wildman–Crippen MR) is 78.5 cm³/mol. The standard InChI is InChI=1S/C14H15NO2.C2H6/c1-11-13(8-9-15(2)14(11)16)17-10-12-6-4-3-5-7-12;1-2/h3-9H,10H2,1-2H3;1-2H3. The van der Waals surface area contributed by atoms with Crippen LogP contribution in [0.15, 0.2) is 47.4 Å². The summed E-state index contributed by atoms with van der Waals surface area (Å²) in [6.45, 7) is 6.26. The van der Waals surface area contributed by atoms with Crippen LogP contribution >= 0.6 is 0 Å². The lowest BCUT2D eigenvalue weighted by Gasteiger charge is -2.09. The van der Waals surface area contributed by atoms with Gasteiger partial charge in [-0.1, -0.05) is 44.2 Å². The molecule has 0 fully saturated rings. The minimum absolute atomic E-state index is 0.0180. The van der Waals surface area contributed by atoms with E-state index in [1.807, 2.05) is 50.2 Å². The maximum atomic E-state index is 11.7. The molecule has 0 unspecified atom stereocenters. The molecule has 1 heterocycles. The summed E-state index contributed by atoms with van der Waals surface area (Å²) < 4.78 is 7.19. The highest BCUT2D eigenvalue weighted by Crippen LogP contribution is 2.14. The molecule has 3 heteroatoms. The second kappa shape index (κ2) is 7.41. The quantitative estimate of drug-likeness (QED) is 0.847. The molecule has 1 aromatic heterocycles. The Morgan fingerprint density at radius 3 is 2.37 bits per heavy atom. The third kappa shape index (κ3) is 3.98. The number of hydrogen-bond acceptors (Lipinski definition) is 2. The van der Waals surface area contributed by atoms with Crippen molar-refractivity contribution in [1.82, 2.24) is 4.57 Å². The molecule has 0 N–H and O–H groups in total. The van der Waals surface area contributed by atoms with Gasteiger partial charge in [-0.2, -0.15) is 0 Å². The van der Waals surface area contributed by atoms with E-state index >= 15 is 0 Å². The number of hydrogen-bond donors (Lipinski definition) is 0. The molecule has 0 spiro atoms. The van der Waals surface area contributed by atoms with Crippen LogP contribution in [-0.4, -0.2) is 4.57 Å². The first-order chi connectivity index (χ1) is 9.18. The second-order valence-corrected chi connectivity index (χ2v) is 4.00. The summed E-state index contributed by atoms with van der Waals surface area (Å²) >= 11 is 0. The molecule has 2 aromatic rings. The molecule has 102 valence electrons. The van der Waals surface area contributed by atoms with Crippen LogP contribution in [0.2, 0.25) is 0 Å². The fourth-order valence-electron chi connectivity index (χ4n) is 1.63. The average Bonchev–Trinajstić information content (AvgIpc) is 2.47. The van der Waals surface area contributed by atoms with Crippen molar-refractivity contribution in [2.24, 2.45) is 7.05 Å². The Labute approximate surface area is 114 Å². The maximum Gasteiger partial charge on any atom is 0.256 e. The molecule has 0 aliphatic rings. The van der Waals surface area contributed by atoms with E-state index in [9.17, 15) is 4.79 Å². The first-order valence-electron chi connectivity index (χ1n) is 6.51. The van der Waals surface area contributed by atoms with E-state index in [1.165, 1.54) is 0 Å². The van der Waals surface area contributed by atoms with E-state index in [-0.39, 0.29) is 5.56 Å². The molecular formula is C16H21NO2. The van der Waals surface area contributed by atoms with Gasteiger partial charge in [-0.15, -0.1) is 0 Å². The van der Waals surface area contributed by atoms with Gasteiger partial charge in [-0.25, -0.2) is 0 Å². The molecule has 3 nitrogen and oxygen atoms in total. The van der Waals surface area contributed by atoms with Crippen molar-refractivity contribution in [1.29, 1.82) is 0 Å². The number of pyridine rings is 1. The molecule has 0 amide bonds. The largest absolute Gasteiger partial charge is 0.488 e. The summed E-state index contributed by atoms with van der Waals surface area (Å²) in [6, 6.07) is 11.7. The van der Waals surface area contributed by atoms with Crippen LogP contribution in [0.25, 0.3) is 0 Å². The van der Waals surface area contributed by atoms with Crippen molar-refractivity contribution in [2.75, 3.05) is 0 Å². The monoisotopic (exact) mass is 259 g/mol. The Hall–Kier alpha value is -2.03. The lowest BCUT2D eigenvalue weighted by Crippen LogP contribution is -2.19. The molecule has 19 heavy (non-hydrogen) atoms. The van der Waals surface area contributed by atoms with Crippen LogP contribution in [0.5, 0.6) is 5.75 Å². The Kier molecular flexibility index (Phi) is 5.86. The highest BCUT2D eigenvalue weighted by atomic mass is 16.5. The highest BCUT2D eigenvalue weighted by Gasteiger charge is 2.04. The third-order valence-corrected chi connectivity index (χ3v) is 2.70. The molecule has 0 atom stereocenters. The van der Waals surface area contributed by atoms with Gasteiger partial charge >= 0.3 is 0 Å². The summed E-state index contributed by atoms with van der Waals surface area (Å²) in [5, 5.41) is 0. The summed E-state index contributed by atoms with van der Waals surface area (Å²) in [5.74, 6) is 0.650. The SMILES string of the molecule is CC.Cc1c(OCc2ccccc2)ccn(C)c1=O. The normalized spacial score (nSPS) is 9.47. The molecule has 2 rings (SSSR count). The number of ether oxygens (including phenoxy) is 1. The Morgan fingerprint density at radius 2 is 1.74 bits per heavy atom. The topological polar surface area (TPSA) is 31.2 Å². The minimum atomic E-state index is -0.0180. The summed E-state index contributed by atoms with van der Waals surface area (Å²) in [6.07, 6.45) is 1.72. The fourth-order valence-corrected chi connectivity index (χ4v) is 1.63. The van der Waals surface area contributed by atoms with Crippen LogP contribution < -0.4 is 10.3 Å². The van der Waals surface area contributed by atoms with E-state index in [1.54, 1.807) is 24.7 Å². The van der Waals surface area contributed by atoms with Gasteiger partial charge in [0.2, 0.25) is 0 Å². The lowest BCUT2D eigenvalue weighted by molar-refractivity contribution is 0.302. The number of nitrogens with zero attached hydrogens (tertiary/aromatic N) is 1. The summed E-state index contributed by atoms with van der Waals surface area (Å²) in [4.78, 5) is 11.7. The van der Waals surface area contributed by atoms with Crippen LogP contribution in [0.1, 0.15) is 25.0 Å². The number of rotatable bonds is 3. The molecule has 1 aromatic carbocycles. The molecule has 0 saturated carbocycles. The van der Waals surface area contributed by atoms with E-state index < -0.39 is 0 Å². The van der Waals surface area contributed by atoms with Crippen molar-refractivity contribution in [2.45, 2.75) is 27.4 Å². The molecule has 0 bridgehead atoms.